The number of ether oxygens (including phenoxy) is 3. The van der Waals surface area contributed by atoms with E-state index in [4.69, 9.17) is 14.2 Å². The van der Waals surface area contributed by atoms with Crippen LogP contribution in [0.4, 0.5) is 5.69 Å². The number of carbonyl (C=O) groups excluding carboxylic acids is 1. The molecule has 0 radical (unpaired) electrons. The van der Waals surface area contributed by atoms with Gasteiger partial charge in [0.05, 0.1) is 31.9 Å². The van der Waals surface area contributed by atoms with E-state index in [1.807, 2.05) is 13.8 Å². The van der Waals surface area contributed by atoms with Crippen LogP contribution in [0.3, 0.4) is 0 Å². The van der Waals surface area contributed by atoms with Crippen molar-refractivity contribution in [2.75, 3.05) is 37.4 Å². The molecule has 0 aromatic heterocycles. The van der Waals surface area contributed by atoms with Crippen molar-refractivity contribution in [1.29, 1.82) is 0 Å². The number of sulfonamides is 1. The van der Waals surface area contributed by atoms with Gasteiger partial charge in [0.25, 0.3) is 5.91 Å². The van der Waals surface area contributed by atoms with Crippen LogP contribution in [-0.4, -0.2) is 53.7 Å². The van der Waals surface area contributed by atoms with E-state index in [-0.39, 0.29) is 5.69 Å². The number of benzene rings is 2. The van der Waals surface area contributed by atoms with Gasteiger partial charge in [-0.1, -0.05) is 18.7 Å². The van der Waals surface area contributed by atoms with Gasteiger partial charge in [0.2, 0.25) is 10.0 Å². The van der Waals surface area contributed by atoms with Gasteiger partial charge in [0.15, 0.2) is 11.5 Å². The Morgan fingerprint density at radius 3 is 2.52 bits per heavy atom. The maximum atomic E-state index is 12.5. The topological polar surface area (TPSA) is 107 Å². The Kier molecular flexibility index (Phi) is 9.29. The summed E-state index contributed by atoms with van der Waals surface area (Å²) in [7, 11) is -2.33. The van der Waals surface area contributed by atoms with Gasteiger partial charge in [0.1, 0.15) is 18.9 Å². The lowest BCUT2D eigenvalue weighted by molar-refractivity contribution is -0.119. The fourth-order valence-electron chi connectivity index (χ4n) is 2.86. The van der Waals surface area contributed by atoms with Gasteiger partial charge < -0.3 is 14.2 Å². The van der Waals surface area contributed by atoms with Crippen LogP contribution in [0.15, 0.2) is 54.2 Å². The highest BCUT2D eigenvalue weighted by Crippen LogP contribution is 2.31. The van der Waals surface area contributed by atoms with Crippen molar-refractivity contribution in [2.45, 2.75) is 13.8 Å². The average Bonchev–Trinajstić information content (AvgIpc) is 2.76. The minimum absolute atomic E-state index is 0.274. The minimum atomic E-state index is -3.76. The van der Waals surface area contributed by atoms with Crippen molar-refractivity contribution in [1.82, 2.24) is 5.43 Å². The number of amides is 1. The molecule has 9 nitrogen and oxygen atoms in total. The molecule has 0 atom stereocenters. The number of aryl methyl sites for hydroxylation is 1. The molecule has 0 saturated heterocycles. The maximum absolute atomic E-state index is 12.5. The van der Waals surface area contributed by atoms with E-state index in [2.05, 4.69) is 17.1 Å². The number of hydrogen-bond acceptors (Lipinski definition) is 7. The molecule has 178 valence electrons. The van der Waals surface area contributed by atoms with Crippen molar-refractivity contribution in [3.63, 3.8) is 0 Å². The van der Waals surface area contributed by atoms with E-state index in [1.165, 1.54) is 13.3 Å². The summed E-state index contributed by atoms with van der Waals surface area (Å²) < 4.78 is 42.1. The number of carbonyl (C=O) groups is 1. The molecule has 2 aromatic rings. The third kappa shape index (κ3) is 7.53. The van der Waals surface area contributed by atoms with Crippen LogP contribution in [0.5, 0.6) is 17.2 Å². The molecule has 2 aromatic carbocycles. The molecule has 0 aliphatic rings. The summed E-state index contributed by atoms with van der Waals surface area (Å²) >= 11 is 0. The highest BCUT2D eigenvalue weighted by Gasteiger charge is 2.24. The molecule has 0 saturated carbocycles. The molecule has 2 rings (SSSR count). The SMILES string of the molecule is C=CCOc1ccc(/C=N\NC(=O)CN(c2cc(C)ccc2OC)S(C)(=O)=O)cc1OCC. The fraction of sp³-hybridized carbons (Fsp3) is 0.304. The van der Waals surface area contributed by atoms with Crippen molar-refractivity contribution in [3.05, 3.63) is 60.2 Å². The van der Waals surface area contributed by atoms with E-state index >= 15 is 0 Å². The van der Waals surface area contributed by atoms with Gasteiger partial charge >= 0.3 is 0 Å². The van der Waals surface area contributed by atoms with E-state index in [0.29, 0.717) is 36.0 Å². The quantitative estimate of drug-likeness (QED) is 0.287. The van der Waals surface area contributed by atoms with Gasteiger partial charge in [-0.2, -0.15) is 5.10 Å². The summed E-state index contributed by atoms with van der Waals surface area (Å²) in [5.74, 6) is 0.819. The minimum Gasteiger partial charge on any atom is -0.495 e. The number of anilines is 1. The molecule has 0 heterocycles. The Morgan fingerprint density at radius 2 is 1.88 bits per heavy atom. The van der Waals surface area contributed by atoms with Gasteiger partial charge in [-0.25, -0.2) is 13.8 Å². The summed E-state index contributed by atoms with van der Waals surface area (Å²) in [5, 5.41) is 3.93. The predicted molar refractivity (Wildman–Crippen MR) is 129 cm³/mol. The highest BCUT2D eigenvalue weighted by atomic mass is 32.2. The van der Waals surface area contributed by atoms with Gasteiger partial charge in [-0.15, -0.1) is 0 Å². The maximum Gasteiger partial charge on any atom is 0.260 e. The molecular weight excluding hydrogens is 446 g/mol. The second kappa shape index (κ2) is 11.9. The van der Waals surface area contributed by atoms with Gasteiger partial charge in [0, 0.05) is 0 Å². The zero-order valence-electron chi connectivity index (χ0n) is 19.2. The first-order valence-electron chi connectivity index (χ1n) is 10.1. The summed E-state index contributed by atoms with van der Waals surface area (Å²) in [6.07, 6.45) is 4.08. The lowest BCUT2D eigenvalue weighted by atomic mass is 10.2. The number of rotatable bonds is 12. The Labute approximate surface area is 194 Å². The molecular formula is C23H29N3O6S. The first-order chi connectivity index (χ1) is 15.7. The highest BCUT2D eigenvalue weighted by molar-refractivity contribution is 7.92. The fourth-order valence-corrected chi connectivity index (χ4v) is 3.71. The lowest BCUT2D eigenvalue weighted by Gasteiger charge is -2.23. The summed E-state index contributed by atoms with van der Waals surface area (Å²) in [6.45, 7) is 7.62. The zero-order valence-corrected chi connectivity index (χ0v) is 20.0. The molecule has 33 heavy (non-hydrogen) atoms. The predicted octanol–water partition coefficient (Wildman–Crippen LogP) is 2.88. The van der Waals surface area contributed by atoms with E-state index in [9.17, 15) is 13.2 Å². The van der Waals surface area contributed by atoms with Crippen molar-refractivity contribution < 1.29 is 27.4 Å². The number of methoxy groups -OCH3 is 1. The molecule has 0 aliphatic heterocycles. The van der Waals surface area contributed by atoms with Crippen LogP contribution >= 0.6 is 0 Å². The van der Waals surface area contributed by atoms with Crippen molar-refractivity contribution >= 4 is 27.8 Å². The Morgan fingerprint density at radius 1 is 1.15 bits per heavy atom. The second-order valence-electron chi connectivity index (χ2n) is 6.98. The summed E-state index contributed by atoms with van der Waals surface area (Å²) in [4.78, 5) is 12.5. The normalized spacial score (nSPS) is 11.2. The largest absolute Gasteiger partial charge is 0.495 e. The average molecular weight is 476 g/mol. The number of hydrogen-bond donors (Lipinski definition) is 1. The van der Waals surface area contributed by atoms with Crippen molar-refractivity contribution in [2.24, 2.45) is 5.10 Å². The lowest BCUT2D eigenvalue weighted by Crippen LogP contribution is -2.39. The van der Waals surface area contributed by atoms with Gasteiger partial charge in [-0.3, -0.25) is 9.10 Å². The second-order valence-corrected chi connectivity index (χ2v) is 8.88. The summed E-state index contributed by atoms with van der Waals surface area (Å²) in [6, 6.07) is 10.3. The van der Waals surface area contributed by atoms with E-state index in [0.717, 1.165) is 16.1 Å². The molecule has 0 fully saturated rings. The first kappa shape index (κ1) is 25.7. The van der Waals surface area contributed by atoms with Crippen molar-refractivity contribution in [3.8, 4) is 17.2 Å². The summed E-state index contributed by atoms with van der Waals surface area (Å²) in [5.41, 5.74) is 4.11. The van der Waals surface area contributed by atoms with Gasteiger partial charge in [-0.05, 0) is 55.3 Å². The number of hydrazone groups is 1. The Balaban J connectivity index is 2.15. The van der Waals surface area contributed by atoms with Crippen LogP contribution < -0.4 is 23.9 Å². The Hall–Kier alpha value is -3.53. The Bertz CT molecular complexity index is 1120. The monoisotopic (exact) mass is 475 g/mol. The van der Waals surface area contributed by atoms with E-state index < -0.39 is 22.5 Å². The third-order valence-electron chi connectivity index (χ3n) is 4.32. The van der Waals surface area contributed by atoms with Crippen LogP contribution in [0.2, 0.25) is 0 Å². The molecule has 0 bridgehead atoms. The number of nitrogens with zero attached hydrogens (tertiary/aromatic N) is 2. The number of nitrogens with one attached hydrogen (secondary N) is 1. The smallest absolute Gasteiger partial charge is 0.260 e. The van der Waals surface area contributed by atoms with Crippen LogP contribution in [-0.2, 0) is 14.8 Å². The third-order valence-corrected chi connectivity index (χ3v) is 5.44. The standard InChI is InChI=1S/C23H29N3O6S/c1-6-12-32-21-11-9-18(14-22(21)31-7-2)15-24-25-23(27)16-26(33(5,28)29)19-13-17(3)8-10-20(19)30-4/h6,8-11,13-15H,1,7,12,16H2,2-5H3,(H,25,27)/b24-15-. The van der Waals surface area contributed by atoms with Crippen LogP contribution in [0, 0.1) is 6.92 Å². The van der Waals surface area contributed by atoms with Crippen LogP contribution in [0.1, 0.15) is 18.1 Å². The van der Waals surface area contributed by atoms with E-state index in [1.54, 1.807) is 42.5 Å². The first-order valence-corrected chi connectivity index (χ1v) is 12.0. The molecule has 1 amide bonds. The van der Waals surface area contributed by atoms with Crippen LogP contribution in [0.25, 0.3) is 0 Å². The molecule has 0 spiro atoms. The molecule has 0 unspecified atom stereocenters. The molecule has 1 N–H and O–H groups in total. The molecule has 10 heteroatoms. The molecule has 0 aliphatic carbocycles. The zero-order chi connectivity index (χ0) is 24.4.